The average Bonchev–Trinajstić information content (AvgIpc) is 3.22. The minimum absolute atomic E-state index is 0.123. The number of nitrogens with zero attached hydrogens (tertiary/aromatic N) is 1. The zero-order valence-corrected chi connectivity index (χ0v) is 17.6. The van der Waals surface area contributed by atoms with E-state index in [1.165, 1.54) is 0 Å². The van der Waals surface area contributed by atoms with E-state index >= 15 is 0 Å². The maximum absolute atomic E-state index is 12.8. The van der Waals surface area contributed by atoms with Gasteiger partial charge >= 0.3 is 6.03 Å². The van der Waals surface area contributed by atoms with Crippen molar-refractivity contribution in [2.75, 3.05) is 35.2 Å². The molecule has 1 aliphatic heterocycles. The third-order valence-electron chi connectivity index (χ3n) is 4.72. The molecule has 2 aromatic rings. The maximum Gasteiger partial charge on any atom is 0.323 e. The van der Waals surface area contributed by atoms with Crippen LogP contribution in [0.5, 0.6) is 0 Å². The Morgan fingerprint density at radius 2 is 1.62 bits per heavy atom. The first-order chi connectivity index (χ1) is 13.9. The number of hydrogen-bond acceptors (Lipinski definition) is 3. The van der Waals surface area contributed by atoms with Gasteiger partial charge in [-0.15, -0.1) is 0 Å². The highest BCUT2D eigenvalue weighted by molar-refractivity contribution is 6.30. The van der Waals surface area contributed by atoms with Crippen LogP contribution in [0.1, 0.15) is 37.0 Å². The van der Waals surface area contributed by atoms with Crippen molar-refractivity contribution in [1.29, 1.82) is 0 Å². The van der Waals surface area contributed by atoms with Crippen LogP contribution in [0.15, 0.2) is 42.5 Å². The summed E-state index contributed by atoms with van der Waals surface area (Å²) < 4.78 is 0. The molecule has 3 rings (SSSR count). The molecule has 0 saturated carbocycles. The molecule has 2 aromatic carbocycles. The Morgan fingerprint density at radius 3 is 2.28 bits per heavy atom. The maximum atomic E-state index is 12.8. The quantitative estimate of drug-likeness (QED) is 0.624. The standard InChI is InChI=1S/C22H27ClN4O2/c1-15(2)14-24-21(28)19-13-18(9-10-20(19)27-11-3-4-12-27)26-22(29)25-17-7-5-16(23)6-8-17/h5-10,13,15H,3-4,11-12,14H2,1-2H3,(H,24,28)(H2,25,26,29). The van der Waals surface area contributed by atoms with Gasteiger partial charge in [0.05, 0.1) is 5.56 Å². The summed E-state index contributed by atoms with van der Waals surface area (Å²) in [4.78, 5) is 27.4. The zero-order valence-electron chi connectivity index (χ0n) is 16.8. The molecule has 154 valence electrons. The predicted molar refractivity (Wildman–Crippen MR) is 119 cm³/mol. The summed E-state index contributed by atoms with van der Waals surface area (Å²) in [5, 5.41) is 9.14. The molecule has 0 aromatic heterocycles. The second-order valence-electron chi connectivity index (χ2n) is 7.62. The minimum Gasteiger partial charge on any atom is -0.371 e. The molecule has 0 spiro atoms. The number of rotatable bonds is 6. The van der Waals surface area contributed by atoms with Crippen molar-refractivity contribution in [1.82, 2.24) is 5.32 Å². The summed E-state index contributed by atoms with van der Waals surface area (Å²) in [6, 6.07) is 12.0. The highest BCUT2D eigenvalue weighted by atomic mass is 35.5. The molecule has 3 N–H and O–H groups in total. The van der Waals surface area contributed by atoms with Crippen molar-refractivity contribution < 1.29 is 9.59 Å². The fraction of sp³-hybridized carbons (Fsp3) is 0.364. The Balaban J connectivity index is 1.76. The molecule has 0 aliphatic carbocycles. The van der Waals surface area contributed by atoms with E-state index in [4.69, 9.17) is 11.6 Å². The lowest BCUT2D eigenvalue weighted by Gasteiger charge is -2.22. The summed E-state index contributed by atoms with van der Waals surface area (Å²) in [6.45, 7) is 6.59. The van der Waals surface area contributed by atoms with E-state index in [9.17, 15) is 9.59 Å². The van der Waals surface area contributed by atoms with Gasteiger partial charge in [0.25, 0.3) is 5.91 Å². The van der Waals surface area contributed by atoms with Crippen LogP contribution in [0.25, 0.3) is 0 Å². The first kappa shape index (κ1) is 21.0. The van der Waals surface area contributed by atoms with E-state index in [1.54, 1.807) is 30.3 Å². The Hall–Kier alpha value is -2.73. The molecule has 1 heterocycles. The van der Waals surface area contributed by atoms with Crippen molar-refractivity contribution in [3.63, 3.8) is 0 Å². The SMILES string of the molecule is CC(C)CNC(=O)c1cc(NC(=O)Nc2ccc(Cl)cc2)ccc1N1CCCC1. The van der Waals surface area contributed by atoms with Crippen LogP contribution < -0.4 is 20.9 Å². The van der Waals surface area contributed by atoms with Gasteiger partial charge in [0.1, 0.15) is 0 Å². The van der Waals surface area contributed by atoms with Crippen molar-refractivity contribution in [3.8, 4) is 0 Å². The van der Waals surface area contributed by atoms with Crippen LogP contribution in [0.4, 0.5) is 21.9 Å². The molecular formula is C22H27ClN4O2. The van der Waals surface area contributed by atoms with Gasteiger partial charge in [-0.05, 0) is 61.2 Å². The van der Waals surface area contributed by atoms with Gasteiger partial charge < -0.3 is 20.9 Å². The molecule has 3 amide bonds. The van der Waals surface area contributed by atoms with Crippen LogP contribution in [-0.4, -0.2) is 31.6 Å². The Bertz CT molecular complexity index is 862. The van der Waals surface area contributed by atoms with Crippen LogP contribution in [-0.2, 0) is 0 Å². The highest BCUT2D eigenvalue weighted by Gasteiger charge is 2.20. The van der Waals surface area contributed by atoms with Gasteiger partial charge in [0.15, 0.2) is 0 Å². The summed E-state index contributed by atoms with van der Waals surface area (Å²) >= 11 is 5.87. The van der Waals surface area contributed by atoms with E-state index < -0.39 is 0 Å². The van der Waals surface area contributed by atoms with Gasteiger partial charge in [-0.25, -0.2) is 4.79 Å². The molecule has 0 radical (unpaired) electrons. The Labute approximate surface area is 176 Å². The van der Waals surface area contributed by atoms with E-state index in [1.807, 2.05) is 12.1 Å². The smallest absolute Gasteiger partial charge is 0.323 e. The Morgan fingerprint density at radius 1 is 1.00 bits per heavy atom. The summed E-state index contributed by atoms with van der Waals surface area (Å²) in [5.41, 5.74) is 2.69. The van der Waals surface area contributed by atoms with E-state index in [0.29, 0.717) is 34.4 Å². The van der Waals surface area contributed by atoms with E-state index in [-0.39, 0.29) is 11.9 Å². The number of nitrogens with one attached hydrogen (secondary N) is 3. The van der Waals surface area contributed by atoms with E-state index in [0.717, 1.165) is 31.6 Å². The monoisotopic (exact) mass is 414 g/mol. The lowest BCUT2D eigenvalue weighted by Crippen LogP contribution is -2.30. The van der Waals surface area contributed by atoms with Crippen molar-refractivity contribution in [3.05, 3.63) is 53.1 Å². The number of carbonyl (C=O) groups excluding carboxylic acids is 2. The number of carbonyl (C=O) groups is 2. The van der Waals surface area contributed by atoms with Crippen molar-refractivity contribution >= 4 is 40.6 Å². The number of amides is 3. The average molecular weight is 415 g/mol. The molecule has 0 bridgehead atoms. The molecule has 1 saturated heterocycles. The normalized spacial score (nSPS) is 13.4. The third-order valence-corrected chi connectivity index (χ3v) is 4.97. The summed E-state index contributed by atoms with van der Waals surface area (Å²) in [7, 11) is 0. The fourth-order valence-corrected chi connectivity index (χ4v) is 3.37. The summed E-state index contributed by atoms with van der Waals surface area (Å²) in [5.74, 6) is 0.239. The molecule has 0 unspecified atom stereocenters. The largest absolute Gasteiger partial charge is 0.371 e. The molecule has 1 fully saturated rings. The lowest BCUT2D eigenvalue weighted by molar-refractivity contribution is 0.0949. The fourth-order valence-electron chi connectivity index (χ4n) is 3.25. The first-order valence-electron chi connectivity index (χ1n) is 9.93. The van der Waals surface area contributed by atoms with Crippen LogP contribution >= 0.6 is 11.6 Å². The van der Waals surface area contributed by atoms with Crippen LogP contribution in [0.2, 0.25) is 5.02 Å². The van der Waals surface area contributed by atoms with E-state index in [2.05, 4.69) is 34.7 Å². The van der Waals surface area contributed by atoms with Crippen LogP contribution in [0.3, 0.4) is 0 Å². The summed E-state index contributed by atoms with van der Waals surface area (Å²) in [6.07, 6.45) is 2.24. The number of hydrogen-bond donors (Lipinski definition) is 3. The molecule has 7 heteroatoms. The van der Waals surface area contributed by atoms with Gasteiger partial charge in [0, 0.05) is 41.7 Å². The molecule has 29 heavy (non-hydrogen) atoms. The zero-order chi connectivity index (χ0) is 20.8. The number of benzene rings is 2. The third kappa shape index (κ3) is 5.87. The van der Waals surface area contributed by atoms with Crippen molar-refractivity contribution in [2.45, 2.75) is 26.7 Å². The van der Waals surface area contributed by atoms with Gasteiger partial charge in [-0.1, -0.05) is 25.4 Å². The van der Waals surface area contributed by atoms with Gasteiger partial charge in [0.2, 0.25) is 0 Å². The molecule has 6 nitrogen and oxygen atoms in total. The highest BCUT2D eigenvalue weighted by Crippen LogP contribution is 2.28. The van der Waals surface area contributed by atoms with Gasteiger partial charge in [-0.3, -0.25) is 4.79 Å². The first-order valence-corrected chi connectivity index (χ1v) is 10.3. The van der Waals surface area contributed by atoms with Crippen LogP contribution in [0, 0.1) is 5.92 Å². The molecule has 0 atom stereocenters. The predicted octanol–water partition coefficient (Wildman–Crippen LogP) is 4.97. The topological polar surface area (TPSA) is 73.5 Å². The second-order valence-corrected chi connectivity index (χ2v) is 8.05. The second kappa shape index (κ2) is 9.65. The number of urea groups is 1. The lowest BCUT2D eigenvalue weighted by atomic mass is 10.1. The molecule has 1 aliphatic rings. The Kier molecular flexibility index (Phi) is 6.99. The number of halogens is 1. The van der Waals surface area contributed by atoms with Gasteiger partial charge in [-0.2, -0.15) is 0 Å². The minimum atomic E-state index is -0.380. The molecular weight excluding hydrogens is 388 g/mol. The number of anilines is 3. The van der Waals surface area contributed by atoms with Crippen molar-refractivity contribution in [2.24, 2.45) is 5.92 Å².